The van der Waals surface area contributed by atoms with Crippen molar-refractivity contribution >= 4 is 18.7 Å². The first-order valence-electron chi connectivity index (χ1n) is 5.70. The van der Waals surface area contributed by atoms with Crippen molar-refractivity contribution in [3.05, 3.63) is 17.8 Å². The van der Waals surface area contributed by atoms with E-state index < -0.39 is 24.3 Å². The van der Waals surface area contributed by atoms with Crippen LogP contribution in [0.1, 0.15) is 33.4 Å². The third-order valence-corrected chi connectivity index (χ3v) is 2.27. The summed E-state index contributed by atoms with van der Waals surface area (Å²) in [5, 5.41) is 0. The first-order valence-corrected chi connectivity index (χ1v) is 5.70. The molecule has 0 bridgehead atoms. The van der Waals surface area contributed by atoms with Gasteiger partial charge in [0, 0.05) is 5.69 Å². The van der Waals surface area contributed by atoms with Crippen molar-refractivity contribution in [1.82, 2.24) is 4.57 Å². The number of carbonyl (C=O) groups excluding carboxylic acids is 1. The second kappa shape index (κ2) is 4.70. The molecule has 0 fully saturated rings. The Kier molecular flexibility index (Phi) is 3.83. The van der Waals surface area contributed by atoms with Crippen LogP contribution in [-0.4, -0.2) is 23.2 Å². The molecule has 0 atom stereocenters. The SMILES string of the molecule is CCc1ccc([B-](F)(F)F)n1C(=O)OC(C)(C)C. The van der Waals surface area contributed by atoms with Gasteiger partial charge in [-0.2, -0.15) is 0 Å². The lowest BCUT2D eigenvalue weighted by atomic mass is 9.86. The Labute approximate surface area is 104 Å². The fourth-order valence-corrected chi connectivity index (χ4v) is 1.56. The maximum absolute atomic E-state index is 12.8. The maximum Gasteiger partial charge on any atom is 0.526 e. The molecule has 0 aromatic carbocycles. The third kappa shape index (κ3) is 3.30. The summed E-state index contributed by atoms with van der Waals surface area (Å²) < 4.78 is 44.1. The molecule has 0 saturated carbocycles. The minimum absolute atomic E-state index is 0.290. The fourth-order valence-electron chi connectivity index (χ4n) is 1.56. The van der Waals surface area contributed by atoms with Crippen molar-refractivity contribution in [3.63, 3.8) is 0 Å². The molecule has 7 heteroatoms. The molecule has 0 aliphatic rings. The second-order valence-electron chi connectivity index (χ2n) is 4.99. The monoisotopic (exact) mass is 262 g/mol. The minimum atomic E-state index is -5.24. The summed E-state index contributed by atoms with van der Waals surface area (Å²) in [6, 6.07) is 2.22. The van der Waals surface area contributed by atoms with Gasteiger partial charge in [0.05, 0.1) is 0 Å². The van der Waals surface area contributed by atoms with Crippen molar-refractivity contribution in [1.29, 1.82) is 0 Å². The topological polar surface area (TPSA) is 31.2 Å². The van der Waals surface area contributed by atoms with Crippen molar-refractivity contribution in [2.75, 3.05) is 0 Å². The number of nitrogens with zero attached hydrogens (tertiary/aromatic N) is 1. The van der Waals surface area contributed by atoms with Gasteiger partial charge in [0.1, 0.15) is 5.60 Å². The average Bonchev–Trinajstić information content (AvgIpc) is 2.56. The maximum atomic E-state index is 12.8. The number of hydrogen-bond acceptors (Lipinski definition) is 2. The normalized spacial score (nSPS) is 12.6. The van der Waals surface area contributed by atoms with E-state index in [1.807, 2.05) is 0 Å². The predicted molar refractivity (Wildman–Crippen MR) is 64.2 cm³/mol. The number of halogens is 3. The van der Waals surface area contributed by atoms with Gasteiger partial charge in [0.2, 0.25) is 0 Å². The van der Waals surface area contributed by atoms with Gasteiger partial charge in [-0.25, -0.2) is 4.79 Å². The fraction of sp³-hybridized carbons (Fsp3) is 0.545. The Hall–Kier alpha value is -1.40. The van der Waals surface area contributed by atoms with Crippen LogP contribution in [-0.2, 0) is 11.2 Å². The van der Waals surface area contributed by atoms with Gasteiger partial charge >= 0.3 is 13.1 Å². The van der Waals surface area contributed by atoms with Crippen LogP contribution in [0.25, 0.3) is 0 Å². The van der Waals surface area contributed by atoms with Gasteiger partial charge in [0.15, 0.2) is 0 Å². The Morgan fingerprint density at radius 3 is 2.28 bits per heavy atom. The summed E-state index contributed by atoms with van der Waals surface area (Å²) in [6.07, 6.45) is -0.663. The van der Waals surface area contributed by atoms with E-state index in [0.717, 1.165) is 6.07 Å². The molecule has 1 heterocycles. The number of aromatic nitrogens is 1. The molecule has 0 N–H and O–H groups in total. The van der Waals surface area contributed by atoms with Crippen molar-refractivity contribution < 1.29 is 22.5 Å². The molecule has 0 amide bonds. The Morgan fingerprint density at radius 1 is 1.33 bits per heavy atom. The van der Waals surface area contributed by atoms with Crippen molar-refractivity contribution in [2.45, 2.75) is 39.7 Å². The van der Waals surface area contributed by atoms with E-state index in [4.69, 9.17) is 4.74 Å². The summed E-state index contributed by atoms with van der Waals surface area (Å²) >= 11 is 0. The molecule has 1 aromatic rings. The molecule has 0 spiro atoms. The summed E-state index contributed by atoms with van der Waals surface area (Å²) in [5.41, 5.74) is -1.48. The number of rotatable bonds is 2. The lowest BCUT2D eigenvalue weighted by Gasteiger charge is -2.24. The quantitative estimate of drug-likeness (QED) is 0.767. The number of ether oxygens (including phenoxy) is 1. The van der Waals surface area contributed by atoms with E-state index >= 15 is 0 Å². The number of carbonyl (C=O) groups is 1. The van der Waals surface area contributed by atoms with Gasteiger partial charge in [0.25, 0.3) is 0 Å². The molecule has 1 rings (SSSR count). The summed E-state index contributed by atoms with van der Waals surface area (Å²) in [6.45, 7) is 1.27. The highest BCUT2D eigenvalue weighted by atomic mass is 19.4. The Bertz CT molecular complexity index is 446. The van der Waals surface area contributed by atoms with Crippen LogP contribution < -0.4 is 5.59 Å². The second-order valence-corrected chi connectivity index (χ2v) is 4.99. The summed E-state index contributed by atoms with van der Waals surface area (Å²) in [7, 11) is 0. The highest BCUT2D eigenvalue weighted by Crippen LogP contribution is 2.15. The molecule has 0 unspecified atom stereocenters. The molecule has 0 radical (unpaired) electrons. The first kappa shape index (κ1) is 14.7. The molecule has 18 heavy (non-hydrogen) atoms. The van der Waals surface area contributed by atoms with Crippen LogP contribution in [0.2, 0.25) is 0 Å². The molecule has 102 valence electrons. The Morgan fingerprint density at radius 2 is 1.89 bits per heavy atom. The lowest BCUT2D eigenvalue weighted by Crippen LogP contribution is -2.44. The van der Waals surface area contributed by atoms with E-state index in [1.54, 1.807) is 27.7 Å². The standard InChI is InChI=1S/C11H16BF3NO2/c1-5-8-6-7-9(12(13,14)15)16(8)10(17)18-11(2,3)4/h6-7H,5H2,1-4H3/q-1. The van der Waals surface area contributed by atoms with E-state index in [1.165, 1.54) is 6.07 Å². The third-order valence-electron chi connectivity index (χ3n) is 2.27. The first-order chi connectivity index (χ1) is 8.06. The van der Waals surface area contributed by atoms with Crippen LogP contribution in [0.4, 0.5) is 17.7 Å². The molecule has 3 nitrogen and oxygen atoms in total. The molecule has 0 aliphatic heterocycles. The number of aryl methyl sites for hydroxylation is 1. The summed E-state index contributed by atoms with van der Waals surface area (Å²) in [5.74, 6) is 0. The number of hydrogen-bond donors (Lipinski definition) is 0. The van der Waals surface area contributed by atoms with Crippen LogP contribution in [0.15, 0.2) is 12.1 Å². The molecular weight excluding hydrogens is 246 g/mol. The zero-order chi connectivity index (χ0) is 14.1. The molecule has 0 aliphatic carbocycles. The zero-order valence-corrected chi connectivity index (χ0v) is 10.8. The van der Waals surface area contributed by atoms with Gasteiger partial charge < -0.3 is 17.7 Å². The smallest absolute Gasteiger partial charge is 0.444 e. The average molecular weight is 262 g/mol. The van der Waals surface area contributed by atoms with E-state index in [-0.39, 0.29) is 0 Å². The van der Waals surface area contributed by atoms with Crippen molar-refractivity contribution in [3.8, 4) is 0 Å². The van der Waals surface area contributed by atoms with Crippen LogP contribution in [0.5, 0.6) is 0 Å². The van der Waals surface area contributed by atoms with Crippen LogP contribution >= 0.6 is 0 Å². The highest BCUT2D eigenvalue weighted by Gasteiger charge is 2.33. The largest absolute Gasteiger partial charge is 0.526 e. The van der Waals surface area contributed by atoms with E-state index in [2.05, 4.69) is 0 Å². The van der Waals surface area contributed by atoms with Crippen LogP contribution in [0, 0.1) is 0 Å². The summed E-state index contributed by atoms with van der Waals surface area (Å²) in [4.78, 5) is 11.8. The lowest BCUT2D eigenvalue weighted by molar-refractivity contribution is 0.0536. The molecule has 1 aromatic heterocycles. The van der Waals surface area contributed by atoms with Crippen LogP contribution in [0.3, 0.4) is 0 Å². The van der Waals surface area contributed by atoms with E-state index in [0.29, 0.717) is 16.7 Å². The predicted octanol–water partition coefficient (Wildman–Crippen LogP) is 2.89. The Balaban J connectivity index is 3.21. The molecular formula is C11H16BF3NO2-. The minimum Gasteiger partial charge on any atom is -0.444 e. The van der Waals surface area contributed by atoms with Gasteiger partial charge in [-0.05, 0) is 38.9 Å². The molecule has 0 saturated heterocycles. The van der Waals surface area contributed by atoms with Gasteiger partial charge in [-0.3, -0.25) is 4.57 Å². The highest BCUT2D eigenvalue weighted by molar-refractivity contribution is 6.73. The van der Waals surface area contributed by atoms with Crippen molar-refractivity contribution in [2.24, 2.45) is 0 Å². The van der Waals surface area contributed by atoms with E-state index in [9.17, 15) is 17.7 Å². The van der Waals surface area contributed by atoms with Gasteiger partial charge in [-0.1, -0.05) is 13.0 Å². The zero-order valence-electron chi connectivity index (χ0n) is 10.8. The van der Waals surface area contributed by atoms with Gasteiger partial charge in [-0.15, -0.1) is 0 Å².